The zero-order chi connectivity index (χ0) is 32.9. The minimum absolute atomic E-state index is 0.0540. The number of aromatic nitrogens is 4. The molecule has 0 aliphatic carbocycles. The van der Waals surface area contributed by atoms with Gasteiger partial charge in [-0.1, -0.05) is 13.8 Å². The lowest BCUT2D eigenvalue weighted by atomic mass is 9.87. The molecule has 0 aromatic carbocycles. The summed E-state index contributed by atoms with van der Waals surface area (Å²) in [4.78, 5) is 55.7. The Labute approximate surface area is 255 Å². The second-order valence-corrected chi connectivity index (χ2v) is 13.7. The van der Waals surface area contributed by atoms with Gasteiger partial charge in [-0.05, 0) is 0 Å². The molecule has 1 saturated heterocycles. The van der Waals surface area contributed by atoms with Crippen LogP contribution in [0.15, 0.2) is 12.7 Å². The van der Waals surface area contributed by atoms with Crippen LogP contribution in [0.25, 0.3) is 11.2 Å². The molecule has 2 aromatic rings. The number of aliphatic hydroxyl groups is 3. The Morgan fingerprint density at radius 1 is 1.14 bits per heavy atom. The standard InChI is InChI=1S/C21H35N7O13P2S/c1-21(2,16(32)19(33)24-4-3-12(29)23-5-6-44)8-39-43(36,37)41-42(34,35)38-7-11-14(30)15(31)20(40-11)28-10-27-13-17(22)25-9-26-18(13)28/h9-11,14-16,20,30-32,44H,3-8H2,1-2H3,(H,23,29)(H,24,33)(H,34,35)(H,36,37)(H2,22,25,26)/t11?,14?,15?,16-,20?/m0/s1. The van der Waals surface area contributed by atoms with Gasteiger partial charge < -0.3 is 46.2 Å². The average molecular weight is 688 g/mol. The third-order valence-electron chi connectivity index (χ3n) is 6.28. The monoisotopic (exact) mass is 687 g/mol. The fourth-order valence-corrected chi connectivity index (χ4v) is 6.22. The summed E-state index contributed by atoms with van der Waals surface area (Å²) in [6, 6.07) is 0. The van der Waals surface area contributed by atoms with Gasteiger partial charge in [-0.3, -0.25) is 23.2 Å². The number of anilines is 1. The molecule has 44 heavy (non-hydrogen) atoms. The van der Waals surface area contributed by atoms with Crippen molar-refractivity contribution in [3.05, 3.63) is 12.7 Å². The summed E-state index contributed by atoms with van der Waals surface area (Å²) < 4.78 is 45.3. The molecule has 1 aliphatic heterocycles. The van der Waals surface area contributed by atoms with Gasteiger partial charge in [0.1, 0.15) is 36.3 Å². The largest absolute Gasteiger partial charge is 0.481 e. The number of fused-ring (bicyclic) bond motifs is 1. The summed E-state index contributed by atoms with van der Waals surface area (Å²) in [5.41, 5.74) is 4.60. The van der Waals surface area contributed by atoms with Gasteiger partial charge in [0.2, 0.25) is 11.8 Å². The van der Waals surface area contributed by atoms with Crippen LogP contribution in [-0.2, 0) is 36.8 Å². The number of nitrogens with one attached hydrogen (secondary N) is 2. The van der Waals surface area contributed by atoms with E-state index in [2.05, 4.69) is 42.5 Å². The number of phosphoric ester groups is 2. The summed E-state index contributed by atoms with van der Waals surface area (Å²) in [5, 5.41) is 36.2. The van der Waals surface area contributed by atoms with E-state index in [1.54, 1.807) is 0 Å². The van der Waals surface area contributed by atoms with Crippen LogP contribution in [0.1, 0.15) is 26.5 Å². The average Bonchev–Trinajstić information content (AvgIpc) is 3.50. The van der Waals surface area contributed by atoms with Gasteiger partial charge in [-0.2, -0.15) is 16.9 Å². The number of phosphoric acid groups is 2. The number of nitrogen functional groups attached to an aromatic ring is 1. The van der Waals surface area contributed by atoms with Crippen molar-refractivity contribution in [1.82, 2.24) is 30.2 Å². The molecule has 20 nitrogen and oxygen atoms in total. The molecule has 3 heterocycles. The lowest BCUT2D eigenvalue weighted by Crippen LogP contribution is -2.46. The van der Waals surface area contributed by atoms with E-state index in [-0.39, 0.29) is 35.9 Å². The van der Waals surface area contributed by atoms with Crippen molar-refractivity contribution < 1.29 is 61.9 Å². The summed E-state index contributed by atoms with van der Waals surface area (Å²) >= 11 is 3.96. The quantitative estimate of drug-likeness (QED) is 0.0696. The molecular weight excluding hydrogens is 652 g/mol. The molecule has 7 atom stereocenters. The van der Waals surface area contributed by atoms with Gasteiger partial charge in [0.05, 0.1) is 19.5 Å². The Hall–Kier alpha value is -2.26. The molecule has 0 spiro atoms. The normalized spacial score (nSPS) is 24.0. The molecule has 1 fully saturated rings. The van der Waals surface area contributed by atoms with Crippen LogP contribution in [0, 0.1) is 5.41 Å². The number of imidazole rings is 1. The van der Waals surface area contributed by atoms with Gasteiger partial charge in [0, 0.05) is 30.7 Å². The highest BCUT2D eigenvalue weighted by molar-refractivity contribution is 7.80. The molecule has 1 aliphatic rings. The first kappa shape index (κ1) is 36.2. The topological polar surface area (TPSA) is 300 Å². The Morgan fingerprint density at radius 2 is 1.82 bits per heavy atom. The highest BCUT2D eigenvalue weighted by Gasteiger charge is 2.46. The summed E-state index contributed by atoms with van der Waals surface area (Å²) in [6.45, 7) is 1.16. The minimum Gasteiger partial charge on any atom is -0.387 e. The van der Waals surface area contributed by atoms with Crippen molar-refractivity contribution >= 4 is 57.1 Å². The third kappa shape index (κ3) is 9.38. The number of nitrogens with two attached hydrogens (primary N) is 1. The number of ether oxygens (including phenoxy) is 1. The van der Waals surface area contributed by atoms with Gasteiger partial charge in [0.25, 0.3) is 0 Å². The maximum Gasteiger partial charge on any atom is 0.481 e. The smallest absolute Gasteiger partial charge is 0.387 e. The first-order valence-electron chi connectivity index (χ1n) is 12.9. The fourth-order valence-electron chi connectivity index (χ4n) is 3.86. The van der Waals surface area contributed by atoms with Gasteiger partial charge >= 0.3 is 15.6 Å². The number of nitrogens with zero attached hydrogens (tertiary/aromatic N) is 4. The molecule has 23 heteroatoms. The lowest BCUT2D eigenvalue weighted by molar-refractivity contribution is -0.137. The molecule has 0 bridgehead atoms. The highest BCUT2D eigenvalue weighted by atomic mass is 32.1. The maximum absolute atomic E-state index is 12.4. The Bertz CT molecular complexity index is 1420. The fraction of sp³-hybridized carbons (Fsp3) is 0.667. The molecule has 6 unspecified atom stereocenters. The number of carbonyl (C=O) groups is 2. The predicted molar refractivity (Wildman–Crippen MR) is 153 cm³/mol. The van der Waals surface area contributed by atoms with Crippen LogP contribution in [0.2, 0.25) is 0 Å². The van der Waals surface area contributed by atoms with Gasteiger partial charge in [0.15, 0.2) is 17.7 Å². The first-order valence-corrected chi connectivity index (χ1v) is 16.5. The SMILES string of the molecule is CC(C)(COP(=O)(O)OP(=O)(O)OCC1OC(n2cnc3c(N)ncnc32)C(O)C1O)[C@@H](O)C(=O)NCCC(=O)NCCS. The Kier molecular flexibility index (Phi) is 12.3. The minimum atomic E-state index is -5.35. The van der Waals surface area contributed by atoms with Crippen LogP contribution < -0.4 is 16.4 Å². The molecular formula is C21H35N7O13P2S. The Balaban J connectivity index is 1.50. The third-order valence-corrected chi connectivity index (χ3v) is 9.09. The van der Waals surface area contributed by atoms with Crippen LogP contribution >= 0.6 is 28.3 Å². The number of aliphatic hydroxyl groups excluding tert-OH is 3. The van der Waals surface area contributed by atoms with E-state index in [0.29, 0.717) is 12.3 Å². The van der Waals surface area contributed by atoms with Crippen molar-refractivity contribution in [2.75, 3.05) is 37.8 Å². The molecule has 0 radical (unpaired) electrons. The summed E-state index contributed by atoms with van der Waals surface area (Å²) in [7, 11) is -10.7. The Morgan fingerprint density at radius 3 is 2.50 bits per heavy atom. The first-order chi connectivity index (χ1) is 20.5. The zero-order valence-corrected chi connectivity index (χ0v) is 26.2. The van der Waals surface area contributed by atoms with Gasteiger partial charge in [-0.25, -0.2) is 24.1 Å². The second kappa shape index (κ2) is 14.9. The number of rotatable bonds is 16. The lowest BCUT2D eigenvalue weighted by Gasteiger charge is -2.30. The maximum atomic E-state index is 12.4. The number of thiol groups is 1. The molecule has 248 valence electrons. The van der Waals surface area contributed by atoms with Crippen molar-refractivity contribution in [3.63, 3.8) is 0 Å². The van der Waals surface area contributed by atoms with Crippen molar-refractivity contribution in [3.8, 4) is 0 Å². The highest BCUT2D eigenvalue weighted by Crippen LogP contribution is 2.61. The molecule has 0 saturated carbocycles. The van der Waals surface area contributed by atoms with E-state index in [9.17, 15) is 43.8 Å². The molecule has 2 amide bonds. The number of hydrogen-bond donors (Lipinski definition) is 9. The van der Waals surface area contributed by atoms with Crippen LogP contribution in [0.4, 0.5) is 5.82 Å². The zero-order valence-electron chi connectivity index (χ0n) is 23.5. The summed E-state index contributed by atoms with van der Waals surface area (Å²) in [5.74, 6) is -0.760. The van der Waals surface area contributed by atoms with Crippen LogP contribution in [0.3, 0.4) is 0 Å². The molecule has 3 rings (SSSR count). The van der Waals surface area contributed by atoms with E-state index < -0.39 is 70.8 Å². The van der Waals surface area contributed by atoms with Crippen molar-refractivity contribution in [2.45, 2.75) is 50.9 Å². The van der Waals surface area contributed by atoms with E-state index in [1.807, 2.05) is 0 Å². The van der Waals surface area contributed by atoms with Crippen molar-refractivity contribution in [1.29, 1.82) is 0 Å². The van der Waals surface area contributed by atoms with Crippen LogP contribution in [-0.4, -0.2) is 113 Å². The summed E-state index contributed by atoms with van der Waals surface area (Å²) in [6.07, 6.45) is -5.39. The number of amides is 2. The molecule has 2 aromatic heterocycles. The van der Waals surface area contributed by atoms with E-state index in [0.717, 1.165) is 6.33 Å². The van der Waals surface area contributed by atoms with Crippen LogP contribution in [0.5, 0.6) is 0 Å². The molecule has 9 N–H and O–H groups in total. The van der Waals surface area contributed by atoms with E-state index >= 15 is 0 Å². The van der Waals surface area contributed by atoms with Gasteiger partial charge in [-0.15, -0.1) is 0 Å². The van der Waals surface area contributed by atoms with E-state index in [4.69, 9.17) is 19.5 Å². The van der Waals surface area contributed by atoms with E-state index in [1.165, 1.54) is 24.7 Å². The number of carbonyl (C=O) groups excluding carboxylic acids is 2. The number of hydrogen-bond acceptors (Lipinski definition) is 16. The second-order valence-electron chi connectivity index (χ2n) is 10.2. The predicted octanol–water partition coefficient (Wildman–Crippen LogP) is -1.78. The van der Waals surface area contributed by atoms with Crippen molar-refractivity contribution in [2.24, 2.45) is 5.41 Å².